The number of anilines is 2. The predicted octanol–water partition coefficient (Wildman–Crippen LogP) is 2.12. The molecule has 31 heavy (non-hydrogen) atoms. The average Bonchev–Trinajstić information content (AvgIpc) is 3.44. The summed E-state index contributed by atoms with van der Waals surface area (Å²) in [7, 11) is 2.00. The van der Waals surface area contributed by atoms with Crippen molar-refractivity contribution < 1.29 is 19.1 Å². The molecule has 8 heteroatoms. The molecule has 0 bridgehead atoms. The van der Waals surface area contributed by atoms with Gasteiger partial charge in [-0.05, 0) is 48.2 Å². The molecule has 7 nitrogen and oxygen atoms in total. The number of rotatable bonds is 3. The van der Waals surface area contributed by atoms with Gasteiger partial charge in [-0.25, -0.2) is 4.39 Å². The molecule has 0 aromatic heterocycles. The minimum Gasteiger partial charge on any atom is -0.380 e. The Morgan fingerprint density at radius 2 is 1.65 bits per heavy atom. The van der Waals surface area contributed by atoms with Crippen LogP contribution in [0.2, 0.25) is 0 Å². The van der Waals surface area contributed by atoms with Gasteiger partial charge in [0.05, 0.1) is 23.6 Å². The van der Waals surface area contributed by atoms with Gasteiger partial charge in [-0.1, -0.05) is 12.1 Å². The molecule has 162 valence electrons. The first-order valence-electron chi connectivity index (χ1n) is 10.6. The molecule has 2 aromatic rings. The summed E-state index contributed by atoms with van der Waals surface area (Å²) in [5.74, 6) is -1.19. The number of carbonyl (C=O) groups is 2. The van der Waals surface area contributed by atoms with Gasteiger partial charge >= 0.3 is 0 Å². The lowest BCUT2D eigenvalue weighted by Gasteiger charge is -2.35. The van der Waals surface area contributed by atoms with Crippen molar-refractivity contribution in [2.24, 2.45) is 0 Å². The molecular formula is C23H25FN4O3. The Hall–Kier alpha value is -3.13. The number of aliphatic hydroxyl groups is 1. The summed E-state index contributed by atoms with van der Waals surface area (Å²) in [5.41, 5.74) is 2.52. The lowest BCUT2D eigenvalue weighted by molar-refractivity contribution is -0.143. The number of hydrogen-bond acceptors (Lipinski definition) is 5. The first kappa shape index (κ1) is 19.8. The van der Waals surface area contributed by atoms with Gasteiger partial charge in [-0.15, -0.1) is 0 Å². The monoisotopic (exact) mass is 424 g/mol. The quantitative estimate of drug-likeness (QED) is 0.790. The topological polar surface area (TPSA) is 76.1 Å². The number of nitrogens with zero attached hydrogens (tertiary/aromatic N) is 3. The molecular weight excluding hydrogens is 399 g/mol. The maximum absolute atomic E-state index is 14.9. The van der Waals surface area contributed by atoms with Crippen molar-refractivity contribution in [2.75, 3.05) is 50.1 Å². The van der Waals surface area contributed by atoms with Crippen molar-refractivity contribution in [3.63, 3.8) is 0 Å². The normalized spacial score (nSPS) is 19.1. The lowest BCUT2D eigenvalue weighted by atomic mass is 10.0. The summed E-state index contributed by atoms with van der Waals surface area (Å²) >= 11 is 0. The summed E-state index contributed by atoms with van der Waals surface area (Å²) in [6, 6.07) is 10.6. The van der Waals surface area contributed by atoms with Crippen LogP contribution in [0.15, 0.2) is 36.4 Å². The third kappa shape index (κ3) is 3.50. The van der Waals surface area contributed by atoms with Gasteiger partial charge < -0.3 is 25.1 Å². The second-order valence-corrected chi connectivity index (χ2v) is 8.58. The number of amides is 2. The van der Waals surface area contributed by atoms with Gasteiger partial charge in [-0.2, -0.15) is 0 Å². The van der Waals surface area contributed by atoms with E-state index in [0.717, 1.165) is 23.6 Å². The number of fused-ring (bicyclic) bond motifs is 1. The molecule has 3 aliphatic rings. The van der Waals surface area contributed by atoms with E-state index in [2.05, 4.69) is 10.2 Å². The Bertz CT molecular complexity index is 1060. The third-order valence-corrected chi connectivity index (χ3v) is 6.42. The van der Waals surface area contributed by atoms with Crippen LogP contribution < -0.4 is 10.2 Å². The van der Waals surface area contributed by atoms with Crippen LogP contribution in [0.4, 0.5) is 15.8 Å². The smallest absolute Gasteiger partial charge is 0.256 e. The van der Waals surface area contributed by atoms with Gasteiger partial charge in [0.1, 0.15) is 11.4 Å². The summed E-state index contributed by atoms with van der Waals surface area (Å²) in [5, 5.41) is 13.3. The maximum Gasteiger partial charge on any atom is 0.256 e. The highest BCUT2D eigenvalue weighted by atomic mass is 19.1. The van der Waals surface area contributed by atoms with Crippen LogP contribution in [-0.4, -0.2) is 72.2 Å². The molecule has 2 amide bonds. The molecule has 1 aliphatic carbocycles. The van der Waals surface area contributed by atoms with Crippen LogP contribution in [0.3, 0.4) is 0 Å². The molecule has 0 radical (unpaired) electrons. The number of piperazine rings is 1. The molecule has 0 unspecified atom stereocenters. The zero-order valence-corrected chi connectivity index (χ0v) is 17.4. The van der Waals surface area contributed by atoms with Gasteiger partial charge in [0, 0.05) is 33.2 Å². The fraction of sp³-hybridized carbons (Fsp3) is 0.391. The molecule has 2 aromatic carbocycles. The van der Waals surface area contributed by atoms with E-state index < -0.39 is 11.4 Å². The highest BCUT2D eigenvalue weighted by Gasteiger charge is 2.50. The highest BCUT2D eigenvalue weighted by Crippen LogP contribution is 2.37. The molecule has 2 aliphatic heterocycles. The van der Waals surface area contributed by atoms with Gasteiger partial charge in [-0.3, -0.25) is 9.59 Å². The average molecular weight is 424 g/mol. The number of benzene rings is 2. The first-order chi connectivity index (χ1) is 14.9. The molecule has 1 saturated carbocycles. The zero-order chi connectivity index (χ0) is 21.8. The van der Waals surface area contributed by atoms with E-state index in [1.54, 1.807) is 15.9 Å². The highest BCUT2D eigenvalue weighted by molar-refractivity contribution is 5.95. The second-order valence-electron chi connectivity index (χ2n) is 8.58. The number of nitrogens with one attached hydrogen (secondary N) is 1. The van der Waals surface area contributed by atoms with Crippen molar-refractivity contribution in [3.8, 4) is 11.1 Å². The van der Waals surface area contributed by atoms with E-state index >= 15 is 0 Å². The molecule has 2 N–H and O–H groups in total. The van der Waals surface area contributed by atoms with Gasteiger partial charge in [0.15, 0.2) is 0 Å². The van der Waals surface area contributed by atoms with E-state index in [-0.39, 0.29) is 17.4 Å². The summed E-state index contributed by atoms with van der Waals surface area (Å²) in [6.45, 7) is 2.09. The van der Waals surface area contributed by atoms with Crippen LogP contribution in [0.1, 0.15) is 23.2 Å². The number of carbonyl (C=O) groups excluding carboxylic acids is 2. The van der Waals surface area contributed by atoms with Crippen LogP contribution in [0.5, 0.6) is 0 Å². The zero-order valence-electron chi connectivity index (χ0n) is 17.4. The van der Waals surface area contributed by atoms with E-state index in [4.69, 9.17) is 0 Å². The molecule has 2 heterocycles. The SMILES string of the molecule is CN1CNc2cc(-c3ccc(C(=O)N4CCN(C(=O)C5(O)CC5)CC4)c(F)c3)ccc21. The predicted molar refractivity (Wildman–Crippen MR) is 115 cm³/mol. The molecule has 0 atom stereocenters. The standard InChI is InChI=1S/C23H25FN4O3/c1-26-14-25-19-13-16(3-5-20(19)26)15-2-4-17(18(24)12-15)21(29)27-8-10-28(11-9-27)22(30)23(31)6-7-23/h2-5,12-13,25,31H,6-11,14H2,1H3. The van der Waals surface area contributed by atoms with Crippen LogP contribution in [0, 0.1) is 5.82 Å². The molecule has 5 rings (SSSR count). The largest absolute Gasteiger partial charge is 0.380 e. The minimum atomic E-state index is -1.20. The van der Waals surface area contributed by atoms with Gasteiger partial charge in [0.2, 0.25) is 0 Å². The summed E-state index contributed by atoms with van der Waals surface area (Å²) in [4.78, 5) is 30.4. The summed E-state index contributed by atoms with van der Waals surface area (Å²) < 4.78 is 14.9. The maximum atomic E-state index is 14.9. The van der Waals surface area contributed by atoms with E-state index in [1.165, 1.54) is 12.1 Å². The molecule has 2 fully saturated rings. The van der Waals surface area contributed by atoms with Crippen molar-refractivity contribution >= 4 is 23.2 Å². The molecule has 1 saturated heterocycles. The Morgan fingerprint density at radius 3 is 2.32 bits per heavy atom. The van der Waals surface area contributed by atoms with E-state index in [1.807, 2.05) is 25.2 Å². The fourth-order valence-electron chi connectivity index (χ4n) is 4.26. The fourth-order valence-corrected chi connectivity index (χ4v) is 4.26. The third-order valence-electron chi connectivity index (χ3n) is 6.42. The lowest BCUT2D eigenvalue weighted by Crippen LogP contribution is -2.53. The van der Waals surface area contributed by atoms with Crippen LogP contribution >= 0.6 is 0 Å². The number of halogens is 1. The Labute approximate surface area is 180 Å². The van der Waals surface area contributed by atoms with Crippen molar-refractivity contribution in [1.29, 1.82) is 0 Å². The minimum absolute atomic E-state index is 0.0309. The Morgan fingerprint density at radius 1 is 1.00 bits per heavy atom. The van der Waals surface area contributed by atoms with Gasteiger partial charge in [0.25, 0.3) is 11.8 Å². The van der Waals surface area contributed by atoms with Crippen LogP contribution in [0.25, 0.3) is 11.1 Å². The van der Waals surface area contributed by atoms with Crippen LogP contribution in [-0.2, 0) is 4.79 Å². The van der Waals surface area contributed by atoms with E-state index in [0.29, 0.717) is 44.6 Å². The summed E-state index contributed by atoms with van der Waals surface area (Å²) in [6.07, 6.45) is 0.999. The Kier molecular flexibility index (Phi) is 4.62. The molecule has 0 spiro atoms. The van der Waals surface area contributed by atoms with Crippen molar-refractivity contribution in [1.82, 2.24) is 9.80 Å². The first-order valence-corrected chi connectivity index (χ1v) is 10.6. The van der Waals surface area contributed by atoms with Crippen molar-refractivity contribution in [3.05, 3.63) is 47.8 Å². The van der Waals surface area contributed by atoms with E-state index in [9.17, 15) is 19.1 Å². The second kappa shape index (κ2) is 7.23. The Balaban J connectivity index is 1.28. The number of hydrogen-bond donors (Lipinski definition) is 2. The van der Waals surface area contributed by atoms with Crippen molar-refractivity contribution in [2.45, 2.75) is 18.4 Å².